The van der Waals surface area contributed by atoms with Gasteiger partial charge in [-0.1, -0.05) is 6.07 Å². The van der Waals surface area contributed by atoms with E-state index >= 15 is 0 Å². The lowest BCUT2D eigenvalue weighted by Crippen LogP contribution is -2.25. The van der Waals surface area contributed by atoms with Crippen LogP contribution in [0.3, 0.4) is 0 Å². The number of aromatic nitrogens is 1. The Bertz CT molecular complexity index is 758. The largest absolute Gasteiger partial charge is 0.465 e. The monoisotopic (exact) mass is 324 g/mol. The van der Waals surface area contributed by atoms with E-state index in [-0.39, 0.29) is 11.8 Å². The third-order valence-corrected chi connectivity index (χ3v) is 4.40. The molecule has 0 spiro atoms. The first kappa shape index (κ1) is 16.2. The number of carbonyl (C=O) groups excluding carboxylic acids is 2. The highest BCUT2D eigenvalue weighted by Gasteiger charge is 2.30. The molecule has 0 radical (unpaired) electrons. The van der Waals surface area contributed by atoms with E-state index in [4.69, 9.17) is 4.74 Å². The van der Waals surface area contributed by atoms with Gasteiger partial charge >= 0.3 is 5.97 Å². The number of nitrogens with zero attached hydrogens (tertiary/aromatic N) is 2. The molecule has 124 valence electrons. The molecule has 2 heterocycles. The van der Waals surface area contributed by atoms with Crippen LogP contribution in [0.2, 0.25) is 0 Å². The van der Waals surface area contributed by atoms with E-state index in [1.54, 1.807) is 18.3 Å². The number of ether oxygens (including phenoxy) is 1. The molecule has 0 N–H and O–H groups in total. The van der Waals surface area contributed by atoms with Gasteiger partial charge in [-0.15, -0.1) is 0 Å². The predicted molar refractivity (Wildman–Crippen MR) is 91.3 cm³/mol. The van der Waals surface area contributed by atoms with Crippen molar-refractivity contribution in [2.24, 2.45) is 0 Å². The van der Waals surface area contributed by atoms with Gasteiger partial charge in [0.25, 0.3) is 0 Å². The van der Waals surface area contributed by atoms with Crippen LogP contribution in [-0.4, -0.2) is 30.4 Å². The Morgan fingerprint density at radius 2 is 2.08 bits per heavy atom. The highest BCUT2D eigenvalue weighted by molar-refractivity contribution is 6.01. The van der Waals surface area contributed by atoms with Crippen LogP contribution in [0.15, 0.2) is 42.6 Å². The topological polar surface area (TPSA) is 59.5 Å². The molecule has 5 nitrogen and oxygen atoms in total. The normalized spacial score (nSPS) is 16.9. The number of hydrogen-bond donors (Lipinski definition) is 0. The summed E-state index contributed by atoms with van der Waals surface area (Å²) in [6, 6.07) is 11.2. The lowest BCUT2D eigenvalue weighted by molar-refractivity contribution is 0.0601. The number of anilines is 1. The second-order valence-corrected chi connectivity index (χ2v) is 5.89. The van der Waals surface area contributed by atoms with E-state index in [1.807, 2.05) is 24.3 Å². The Morgan fingerprint density at radius 1 is 1.25 bits per heavy atom. The molecule has 1 atom stereocenters. The number of pyridine rings is 1. The van der Waals surface area contributed by atoms with Crippen LogP contribution in [-0.2, 0) is 4.74 Å². The quantitative estimate of drug-likeness (QED) is 0.637. The minimum Gasteiger partial charge on any atom is -0.465 e. The summed E-state index contributed by atoms with van der Waals surface area (Å²) in [5.74, 6) is -0.505. The molecule has 1 aromatic carbocycles. The van der Waals surface area contributed by atoms with Crippen LogP contribution in [0, 0.1) is 0 Å². The second kappa shape index (κ2) is 6.83. The maximum absolute atomic E-state index is 12.2. The first-order valence-electron chi connectivity index (χ1n) is 8.02. The number of benzene rings is 1. The Labute approximate surface area is 141 Å². The fourth-order valence-corrected chi connectivity index (χ4v) is 3.21. The maximum atomic E-state index is 12.2. The summed E-state index contributed by atoms with van der Waals surface area (Å²) in [6.07, 6.45) is 3.79. The zero-order chi connectivity index (χ0) is 17.1. The number of rotatable bonds is 4. The summed E-state index contributed by atoms with van der Waals surface area (Å²) in [4.78, 5) is 30.5. The van der Waals surface area contributed by atoms with Crippen molar-refractivity contribution < 1.29 is 14.3 Å². The number of hydrogen-bond acceptors (Lipinski definition) is 5. The molecule has 3 rings (SSSR count). The lowest BCUT2D eigenvalue weighted by Gasteiger charge is -2.28. The van der Waals surface area contributed by atoms with Gasteiger partial charge < -0.3 is 9.64 Å². The number of Topliss-reactive ketones (excluding diaryl/α,β-unsaturated/α-hetero) is 1. The van der Waals surface area contributed by atoms with Gasteiger partial charge in [0.15, 0.2) is 5.78 Å². The van der Waals surface area contributed by atoms with E-state index < -0.39 is 5.97 Å². The molecule has 0 aliphatic carbocycles. The summed E-state index contributed by atoms with van der Waals surface area (Å²) in [6.45, 7) is 2.33. The van der Waals surface area contributed by atoms with Crippen LogP contribution in [0.1, 0.15) is 52.2 Å². The minimum atomic E-state index is -0.431. The zero-order valence-corrected chi connectivity index (χ0v) is 13.9. The molecular weight excluding hydrogens is 304 g/mol. The third kappa shape index (κ3) is 3.02. The van der Waals surface area contributed by atoms with Crippen LogP contribution in [0.4, 0.5) is 5.69 Å². The summed E-state index contributed by atoms with van der Waals surface area (Å²) in [5.41, 5.74) is 2.71. The summed E-state index contributed by atoms with van der Waals surface area (Å²) < 4.78 is 4.92. The van der Waals surface area contributed by atoms with E-state index in [9.17, 15) is 9.59 Å². The fraction of sp³-hybridized carbons (Fsp3) is 0.316. The van der Waals surface area contributed by atoms with E-state index in [2.05, 4.69) is 9.88 Å². The van der Waals surface area contributed by atoms with Gasteiger partial charge in [0.1, 0.15) is 0 Å². The minimum absolute atomic E-state index is 0.0746. The second-order valence-electron chi connectivity index (χ2n) is 5.89. The Morgan fingerprint density at radius 3 is 2.75 bits per heavy atom. The van der Waals surface area contributed by atoms with Crippen LogP contribution in [0.5, 0.6) is 0 Å². The van der Waals surface area contributed by atoms with Gasteiger partial charge in [-0.2, -0.15) is 0 Å². The zero-order valence-electron chi connectivity index (χ0n) is 13.9. The van der Waals surface area contributed by atoms with Crippen LogP contribution in [0.25, 0.3) is 0 Å². The molecule has 1 aliphatic heterocycles. The van der Waals surface area contributed by atoms with Crippen molar-refractivity contribution in [2.45, 2.75) is 25.8 Å². The van der Waals surface area contributed by atoms with Crippen LogP contribution < -0.4 is 4.90 Å². The molecule has 1 aromatic heterocycles. The van der Waals surface area contributed by atoms with E-state index in [0.29, 0.717) is 11.1 Å². The van der Waals surface area contributed by atoms with Gasteiger partial charge in [0.2, 0.25) is 0 Å². The molecular formula is C19H20N2O3. The van der Waals surface area contributed by atoms with Gasteiger partial charge in [0.05, 0.1) is 30.1 Å². The van der Waals surface area contributed by atoms with Crippen molar-refractivity contribution in [2.75, 3.05) is 18.6 Å². The first-order valence-corrected chi connectivity index (χ1v) is 8.02. The Kier molecular flexibility index (Phi) is 4.60. The SMILES string of the molecule is COC(=O)c1cc(C(C)=O)ccc1N1CCCC1c1ccccn1. The highest BCUT2D eigenvalue weighted by atomic mass is 16.5. The predicted octanol–water partition coefficient (Wildman–Crippen LogP) is 3.41. The molecule has 1 aliphatic rings. The lowest BCUT2D eigenvalue weighted by atomic mass is 10.0. The van der Waals surface area contributed by atoms with Gasteiger partial charge in [-0.05, 0) is 50.1 Å². The Balaban J connectivity index is 2.04. The first-order chi connectivity index (χ1) is 11.6. The van der Waals surface area contributed by atoms with Gasteiger partial charge in [0, 0.05) is 18.3 Å². The number of ketones is 1. The number of methoxy groups -OCH3 is 1. The third-order valence-electron chi connectivity index (χ3n) is 4.40. The van der Waals surface area contributed by atoms with Crippen molar-refractivity contribution in [1.82, 2.24) is 4.98 Å². The summed E-state index contributed by atoms with van der Waals surface area (Å²) >= 11 is 0. The molecule has 0 saturated carbocycles. The van der Waals surface area contributed by atoms with E-state index in [0.717, 1.165) is 30.8 Å². The average Bonchev–Trinajstić information content (AvgIpc) is 3.10. The van der Waals surface area contributed by atoms with Crippen LogP contribution >= 0.6 is 0 Å². The smallest absolute Gasteiger partial charge is 0.339 e. The molecule has 24 heavy (non-hydrogen) atoms. The molecule has 2 aromatic rings. The maximum Gasteiger partial charge on any atom is 0.339 e. The van der Waals surface area contributed by atoms with Crippen molar-refractivity contribution in [3.63, 3.8) is 0 Å². The molecule has 1 fully saturated rings. The average molecular weight is 324 g/mol. The summed E-state index contributed by atoms with van der Waals surface area (Å²) in [5, 5.41) is 0. The highest BCUT2D eigenvalue weighted by Crippen LogP contribution is 2.37. The van der Waals surface area contributed by atoms with Crippen molar-refractivity contribution in [1.29, 1.82) is 0 Å². The van der Waals surface area contributed by atoms with Gasteiger partial charge in [-0.3, -0.25) is 9.78 Å². The molecule has 1 saturated heterocycles. The molecule has 5 heteroatoms. The van der Waals surface area contributed by atoms with Crippen molar-refractivity contribution in [3.8, 4) is 0 Å². The van der Waals surface area contributed by atoms with Crippen molar-refractivity contribution in [3.05, 3.63) is 59.4 Å². The van der Waals surface area contributed by atoms with Gasteiger partial charge in [-0.25, -0.2) is 4.79 Å². The summed E-state index contributed by atoms with van der Waals surface area (Å²) in [7, 11) is 1.35. The molecule has 0 bridgehead atoms. The van der Waals surface area contributed by atoms with Crippen molar-refractivity contribution >= 4 is 17.4 Å². The number of esters is 1. The fourth-order valence-electron chi connectivity index (χ4n) is 3.21. The Hall–Kier alpha value is -2.69. The standard InChI is InChI=1S/C19H20N2O3/c1-13(22)14-8-9-17(15(12-14)19(23)24-2)21-11-5-7-18(21)16-6-3-4-10-20-16/h3-4,6,8-10,12,18H,5,7,11H2,1-2H3. The number of carbonyl (C=O) groups is 2. The van der Waals surface area contributed by atoms with E-state index in [1.165, 1.54) is 14.0 Å². The molecule has 0 amide bonds. The molecule has 1 unspecified atom stereocenters.